The first-order chi connectivity index (χ1) is 14.0. The Labute approximate surface area is 164 Å². The van der Waals surface area contributed by atoms with Crippen molar-refractivity contribution in [3.8, 4) is 5.75 Å². The van der Waals surface area contributed by atoms with Gasteiger partial charge in [-0.2, -0.15) is 4.98 Å². The maximum absolute atomic E-state index is 10.4. The molecular weight excluding hydrogens is 382 g/mol. The average molecular weight is 403 g/mol. The zero-order valence-electron chi connectivity index (χ0n) is 15.2. The first-order valence-electron chi connectivity index (χ1n) is 9.00. The Morgan fingerprint density at radius 2 is 1.93 bits per heavy atom. The van der Waals surface area contributed by atoms with E-state index >= 15 is 0 Å². The van der Waals surface area contributed by atoms with E-state index < -0.39 is 37.3 Å². The van der Waals surface area contributed by atoms with E-state index in [1.54, 1.807) is 18.2 Å². The number of phenolic OH excluding ortho intramolecular Hbond substituents is 1. The minimum absolute atomic E-state index is 0.154. The number of aromatic hydroxyl groups is 1. The van der Waals surface area contributed by atoms with Gasteiger partial charge in [0.15, 0.2) is 11.9 Å². The highest BCUT2D eigenvalue weighted by Crippen LogP contribution is 2.30. The highest BCUT2D eigenvalue weighted by atomic mass is 16.6. The molecule has 0 aliphatic carbocycles. The Kier molecular flexibility index (Phi) is 5.30. The molecule has 154 valence electrons. The number of ether oxygens (including phenoxy) is 1. The standard InChI is InChI=1S/C18H21N5O6/c24-7-12-13(26)14(27)15(28)17(29-12)23-8-21-11-6-20-18(22-16(11)23)19-5-9-2-1-3-10(25)4-9/h1-4,6,8,12-15,17,24-28H,5,7H2,(H,19,20,22)/t12-,13-,14+,15-,17-/m1/s1. The maximum atomic E-state index is 10.4. The van der Waals surface area contributed by atoms with Crippen LogP contribution in [0.2, 0.25) is 0 Å². The number of hydrogen-bond donors (Lipinski definition) is 6. The fraction of sp³-hybridized carbons (Fsp3) is 0.389. The molecule has 11 nitrogen and oxygen atoms in total. The zero-order chi connectivity index (χ0) is 20.5. The fourth-order valence-corrected chi connectivity index (χ4v) is 3.26. The molecule has 2 aromatic heterocycles. The number of imidazole rings is 1. The van der Waals surface area contributed by atoms with Gasteiger partial charge in [0.25, 0.3) is 0 Å². The van der Waals surface area contributed by atoms with E-state index in [0.717, 1.165) is 5.56 Å². The predicted octanol–water partition coefficient (Wildman–Crippen LogP) is -0.884. The van der Waals surface area contributed by atoms with Gasteiger partial charge >= 0.3 is 0 Å². The summed E-state index contributed by atoms with van der Waals surface area (Å²) < 4.78 is 6.99. The minimum atomic E-state index is -1.51. The molecule has 0 unspecified atom stereocenters. The largest absolute Gasteiger partial charge is 0.508 e. The van der Waals surface area contributed by atoms with Crippen LogP contribution in [0.15, 0.2) is 36.8 Å². The average Bonchev–Trinajstić information content (AvgIpc) is 3.14. The number of fused-ring (bicyclic) bond motifs is 1. The molecule has 1 fully saturated rings. The SMILES string of the molecule is OC[C@H]1O[C@@H](n2cnc3cnc(NCc4cccc(O)c4)nc32)[C@H](O)[C@@H](O)[C@@H]1O. The van der Waals surface area contributed by atoms with Crippen molar-refractivity contribution in [1.29, 1.82) is 0 Å². The maximum Gasteiger partial charge on any atom is 0.225 e. The Hall–Kier alpha value is -2.83. The fourth-order valence-electron chi connectivity index (χ4n) is 3.26. The van der Waals surface area contributed by atoms with Crippen molar-refractivity contribution in [2.24, 2.45) is 0 Å². The molecule has 1 aliphatic rings. The van der Waals surface area contributed by atoms with Crippen LogP contribution in [0.4, 0.5) is 5.95 Å². The summed E-state index contributed by atoms with van der Waals surface area (Å²) in [6.45, 7) is -0.159. The van der Waals surface area contributed by atoms with Crippen LogP contribution in [0, 0.1) is 0 Å². The lowest BCUT2D eigenvalue weighted by Crippen LogP contribution is -2.56. The smallest absolute Gasteiger partial charge is 0.225 e. The van der Waals surface area contributed by atoms with Crippen LogP contribution < -0.4 is 5.32 Å². The van der Waals surface area contributed by atoms with Gasteiger partial charge in [-0.3, -0.25) is 4.57 Å². The third-order valence-electron chi connectivity index (χ3n) is 4.82. The van der Waals surface area contributed by atoms with Gasteiger partial charge in [-0.25, -0.2) is 9.97 Å². The zero-order valence-corrected chi connectivity index (χ0v) is 15.2. The van der Waals surface area contributed by atoms with E-state index in [1.807, 2.05) is 6.07 Å². The molecule has 1 aliphatic heterocycles. The second-order valence-electron chi connectivity index (χ2n) is 6.80. The molecule has 0 spiro atoms. The first-order valence-corrected chi connectivity index (χ1v) is 9.00. The molecule has 3 aromatic rings. The van der Waals surface area contributed by atoms with Crippen LogP contribution in [0.3, 0.4) is 0 Å². The summed E-state index contributed by atoms with van der Waals surface area (Å²) in [6, 6.07) is 6.75. The lowest BCUT2D eigenvalue weighted by Gasteiger charge is -2.40. The second kappa shape index (κ2) is 7.89. The van der Waals surface area contributed by atoms with E-state index in [2.05, 4.69) is 20.3 Å². The number of phenols is 1. The number of aliphatic hydroxyl groups excluding tert-OH is 4. The summed E-state index contributed by atoms with van der Waals surface area (Å²) in [6.07, 6.45) is -3.68. The Bertz CT molecular complexity index is 996. The van der Waals surface area contributed by atoms with Crippen molar-refractivity contribution >= 4 is 17.1 Å². The highest BCUT2D eigenvalue weighted by Gasteiger charge is 2.44. The van der Waals surface area contributed by atoms with Crippen LogP contribution in [0.1, 0.15) is 11.8 Å². The molecule has 3 heterocycles. The van der Waals surface area contributed by atoms with Crippen molar-refractivity contribution in [2.75, 3.05) is 11.9 Å². The molecular formula is C18H21N5O6. The van der Waals surface area contributed by atoms with Crippen molar-refractivity contribution < 1.29 is 30.3 Å². The van der Waals surface area contributed by atoms with Crippen molar-refractivity contribution in [3.05, 3.63) is 42.4 Å². The molecule has 6 N–H and O–H groups in total. The van der Waals surface area contributed by atoms with Gasteiger partial charge in [0.1, 0.15) is 35.7 Å². The van der Waals surface area contributed by atoms with Crippen LogP contribution in [0.25, 0.3) is 11.2 Å². The number of nitrogens with one attached hydrogen (secondary N) is 1. The molecule has 11 heteroatoms. The molecule has 5 atom stereocenters. The van der Waals surface area contributed by atoms with Crippen molar-refractivity contribution in [2.45, 2.75) is 37.2 Å². The summed E-state index contributed by atoms with van der Waals surface area (Å²) in [7, 11) is 0. The van der Waals surface area contributed by atoms with E-state index in [1.165, 1.54) is 17.1 Å². The van der Waals surface area contributed by atoms with E-state index in [-0.39, 0.29) is 11.7 Å². The lowest BCUT2D eigenvalue weighted by molar-refractivity contribution is -0.250. The number of aliphatic hydroxyl groups is 4. The third kappa shape index (κ3) is 3.73. The van der Waals surface area contributed by atoms with Gasteiger partial charge < -0.3 is 35.6 Å². The molecule has 0 bridgehead atoms. The van der Waals surface area contributed by atoms with E-state index in [0.29, 0.717) is 17.7 Å². The van der Waals surface area contributed by atoms with Gasteiger partial charge in [0.05, 0.1) is 19.1 Å². The van der Waals surface area contributed by atoms with Crippen LogP contribution >= 0.6 is 0 Å². The second-order valence-corrected chi connectivity index (χ2v) is 6.80. The minimum Gasteiger partial charge on any atom is -0.508 e. The third-order valence-corrected chi connectivity index (χ3v) is 4.82. The Balaban J connectivity index is 1.60. The topological polar surface area (TPSA) is 166 Å². The molecule has 1 aromatic carbocycles. The normalized spacial score (nSPS) is 27.2. The highest BCUT2D eigenvalue weighted by molar-refractivity contribution is 5.71. The molecule has 4 rings (SSSR count). The molecule has 29 heavy (non-hydrogen) atoms. The number of hydrogen-bond acceptors (Lipinski definition) is 10. The van der Waals surface area contributed by atoms with Crippen LogP contribution in [0.5, 0.6) is 5.75 Å². The predicted molar refractivity (Wildman–Crippen MR) is 99.8 cm³/mol. The van der Waals surface area contributed by atoms with Crippen molar-refractivity contribution in [3.63, 3.8) is 0 Å². The van der Waals surface area contributed by atoms with Gasteiger partial charge in [-0.15, -0.1) is 0 Å². The lowest BCUT2D eigenvalue weighted by atomic mass is 9.98. The first kappa shape index (κ1) is 19.5. The molecule has 0 saturated carbocycles. The quantitative estimate of drug-likeness (QED) is 0.315. The van der Waals surface area contributed by atoms with Gasteiger partial charge in [0, 0.05) is 6.54 Å². The monoisotopic (exact) mass is 403 g/mol. The summed E-state index contributed by atoms with van der Waals surface area (Å²) in [5, 5.41) is 52.3. The molecule has 0 amide bonds. The number of rotatable bonds is 5. The van der Waals surface area contributed by atoms with Gasteiger partial charge in [-0.1, -0.05) is 12.1 Å². The van der Waals surface area contributed by atoms with Crippen LogP contribution in [-0.2, 0) is 11.3 Å². The van der Waals surface area contributed by atoms with Gasteiger partial charge in [0.2, 0.25) is 5.95 Å². The van der Waals surface area contributed by atoms with E-state index in [9.17, 15) is 25.5 Å². The Morgan fingerprint density at radius 1 is 1.10 bits per heavy atom. The molecule has 1 saturated heterocycles. The Morgan fingerprint density at radius 3 is 2.69 bits per heavy atom. The summed E-state index contributed by atoms with van der Waals surface area (Å²) in [5.74, 6) is 0.438. The summed E-state index contributed by atoms with van der Waals surface area (Å²) in [4.78, 5) is 12.8. The van der Waals surface area contributed by atoms with E-state index in [4.69, 9.17) is 4.74 Å². The summed E-state index contributed by atoms with van der Waals surface area (Å²) in [5.41, 5.74) is 1.60. The number of anilines is 1. The van der Waals surface area contributed by atoms with Gasteiger partial charge in [-0.05, 0) is 17.7 Å². The van der Waals surface area contributed by atoms with Crippen LogP contribution in [-0.4, -0.2) is 76.1 Å². The number of aromatic nitrogens is 4. The van der Waals surface area contributed by atoms with Crippen molar-refractivity contribution in [1.82, 2.24) is 19.5 Å². The summed E-state index contributed by atoms with van der Waals surface area (Å²) >= 11 is 0. The number of nitrogens with zero attached hydrogens (tertiary/aromatic N) is 4. The molecule has 0 radical (unpaired) electrons. The number of benzene rings is 1.